The highest BCUT2D eigenvalue weighted by Gasteiger charge is 2.34. The zero-order valence-corrected chi connectivity index (χ0v) is 12.6. The van der Waals surface area contributed by atoms with Crippen LogP contribution in [0.15, 0.2) is 16.4 Å². The van der Waals surface area contributed by atoms with Crippen molar-refractivity contribution >= 4 is 17.6 Å². The van der Waals surface area contributed by atoms with E-state index in [-0.39, 0.29) is 17.0 Å². The Kier molecular flexibility index (Phi) is 3.67. The summed E-state index contributed by atoms with van der Waals surface area (Å²) >= 11 is 0.929. The molecule has 1 aliphatic carbocycles. The van der Waals surface area contributed by atoms with E-state index in [1.165, 1.54) is 4.90 Å². The highest BCUT2D eigenvalue weighted by molar-refractivity contribution is 7.99. The van der Waals surface area contributed by atoms with E-state index in [0.717, 1.165) is 30.7 Å². The summed E-state index contributed by atoms with van der Waals surface area (Å²) < 4.78 is 40.4. The minimum Gasteiger partial charge on any atom is -0.363 e. The molecule has 0 amide bonds. The second-order valence-electron chi connectivity index (χ2n) is 5.03. The maximum atomic E-state index is 12.9. The topological polar surface area (TPSA) is 72.6 Å². The number of hydrogen-bond acceptors (Lipinski definition) is 7. The molecule has 0 bridgehead atoms. The summed E-state index contributed by atoms with van der Waals surface area (Å²) in [7, 11) is 3.23. The van der Waals surface area contributed by atoms with E-state index in [1.807, 2.05) is 0 Å². The van der Waals surface area contributed by atoms with E-state index in [9.17, 15) is 13.2 Å². The van der Waals surface area contributed by atoms with Crippen LogP contribution in [0.5, 0.6) is 0 Å². The van der Waals surface area contributed by atoms with E-state index in [1.54, 1.807) is 18.8 Å². The lowest BCUT2D eigenvalue weighted by molar-refractivity contribution is -0.141. The van der Waals surface area contributed by atoms with E-state index in [2.05, 4.69) is 25.5 Å². The van der Waals surface area contributed by atoms with Gasteiger partial charge in [0.1, 0.15) is 5.82 Å². The zero-order valence-electron chi connectivity index (χ0n) is 11.7. The summed E-state index contributed by atoms with van der Waals surface area (Å²) in [5.74, 6) is 0.176. The Morgan fingerprint density at radius 1 is 1.27 bits per heavy atom. The van der Waals surface area contributed by atoms with Crippen LogP contribution >= 0.6 is 11.8 Å². The van der Waals surface area contributed by atoms with Gasteiger partial charge in [-0.15, -0.1) is 5.10 Å². The third-order valence-corrected chi connectivity index (χ3v) is 3.80. The van der Waals surface area contributed by atoms with Gasteiger partial charge in [0.15, 0.2) is 10.9 Å². The first-order valence-electron chi connectivity index (χ1n) is 6.44. The molecule has 11 heteroatoms. The van der Waals surface area contributed by atoms with E-state index < -0.39 is 11.9 Å². The summed E-state index contributed by atoms with van der Waals surface area (Å²) in [6, 6.07) is 1.13. The monoisotopic (exact) mass is 331 g/mol. The van der Waals surface area contributed by atoms with Gasteiger partial charge in [0.25, 0.3) is 0 Å². The smallest absolute Gasteiger partial charge is 0.363 e. The first-order valence-corrected chi connectivity index (χ1v) is 7.25. The Hall–Kier alpha value is -1.91. The maximum Gasteiger partial charge on any atom is 0.433 e. The lowest BCUT2D eigenvalue weighted by Crippen LogP contribution is -2.16. The van der Waals surface area contributed by atoms with E-state index in [0.29, 0.717) is 5.16 Å². The summed E-state index contributed by atoms with van der Waals surface area (Å²) in [6.07, 6.45) is -2.61. The molecule has 0 spiro atoms. The van der Waals surface area contributed by atoms with Gasteiger partial charge >= 0.3 is 6.18 Å². The van der Waals surface area contributed by atoms with Gasteiger partial charge in [0.2, 0.25) is 5.16 Å². The molecule has 0 atom stereocenters. The predicted molar refractivity (Wildman–Crippen MR) is 71.6 cm³/mol. The van der Waals surface area contributed by atoms with Gasteiger partial charge in [0.05, 0.1) is 6.04 Å². The van der Waals surface area contributed by atoms with Crippen molar-refractivity contribution in [2.75, 3.05) is 19.0 Å². The molecule has 22 heavy (non-hydrogen) atoms. The molecule has 1 saturated carbocycles. The van der Waals surface area contributed by atoms with E-state index >= 15 is 0 Å². The van der Waals surface area contributed by atoms with Gasteiger partial charge in [-0.2, -0.15) is 13.2 Å². The van der Waals surface area contributed by atoms with Crippen LogP contribution in [0.2, 0.25) is 0 Å². The van der Waals surface area contributed by atoms with Crippen LogP contribution in [0.25, 0.3) is 0 Å². The number of rotatable bonds is 4. The minimum atomic E-state index is -4.54. The summed E-state index contributed by atoms with van der Waals surface area (Å²) in [6.45, 7) is 0. The molecule has 7 nitrogen and oxygen atoms in total. The second-order valence-corrected chi connectivity index (χ2v) is 5.96. The Bertz CT molecular complexity index is 681. The third kappa shape index (κ3) is 3.13. The molecule has 2 aromatic rings. The Labute approximate surface area is 127 Å². The van der Waals surface area contributed by atoms with Crippen molar-refractivity contribution in [1.29, 1.82) is 0 Å². The van der Waals surface area contributed by atoms with Crippen LogP contribution in [0.3, 0.4) is 0 Å². The van der Waals surface area contributed by atoms with Crippen LogP contribution < -0.4 is 4.90 Å². The lowest BCUT2D eigenvalue weighted by atomic mass is 10.4. The highest BCUT2D eigenvalue weighted by Crippen LogP contribution is 2.38. The molecule has 0 aromatic carbocycles. The van der Waals surface area contributed by atoms with Gasteiger partial charge in [-0.3, -0.25) is 0 Å². The Morgan fingerprint density at radius 3 is 2.59 bits per heavy atom. The number of anilines is 1. The summed E-state index contributed by atoms with van der Waals surface area (Å²) in [5.41, 5.74) is -0.987. The van der Waals surface area contributed by atoms with Gasteiger partial charge in [-0.1, -0.05) is 0 Å². The molecule has 1 fully saturated rings. The number of alkyl halides is 3. The quantitative estimate of drug-likeness (QED) is 0.794. The van der Waals surface area contributed by atoms with Crippen LogP contribution in [-0.2, 0) is 6.18 Å². The van der Waals surface area contributed by atoms with Crippen molar-refractivity contribution in [3.63, 3.8) is 0 Å². The van der Waals surface area contributed by atoms with Gasteiger partial charge in [-0.25, -0.2) is 14.6 Å². The van der Waals surface area contributed by atoms with Crippen LogP contribution in [-0.4, -0.2) is 44.3 Å². The predicted octanol–water partition coefficient (Wildman–Crippen LogP) is 2.03. The lowest BCUT2D eigenvalue weighted by Gasteiger charge is -2.14. The van der Waals surface area contributed by atoms with Gasteiger partial charge < -0.3 is 4.90 Å². The average molecular weight is 331 g/mol. The maximum absolute atomic E-state index is 12.9. The highest BCUT2D eigenvalue weighted by atomic mass is 32.2. The molecule has 118 valence electrons. The fraction of sp³-hybridized carbons (Fsp3) is 0.545. The largest absolute Gasteiger partial charge is 0.433 e. The van der Waals surface area contributed by atoms with Gasteiger partial charge in [0, 0.05) is 20.2 Å². The molecule has 0 unspecified atom stereocenters. The molecule has 0 radical (unpaired) electrons. The van der Waals surface area contributed by atoms with Gasteiger partial charge in [-0.05, 0) is 35.0 Å². The minimum absolute atomic E-state index is 0.0322. The molecule has 2 aromatic heterocycles. The molecular weight excluding hydrogens is 319 g/mol. The molecule has 1 aliphatic rings. The first kappa shape index (κ1) is 15.0. The number of tetrazole rings is 1. The third-order valence-electron chi connectivity index (χ3n) is 2.98. The second kappa shape index (κ2) is 5.38. The van der Waals surface area contributed by atoms with Crippen molar-refractivity contribution in [3.8, 4) is 0 Å². The van der Waals surface area contributed by atoms with Crippen LogP contribution in [0, 0.1) is 0 Å². The fourth-order valence-electron chi connectivity index (χ4n) is 1.72. The molecule has 0 saturated heterocycles. The summed E-state index contributed by atoms with van der Waals surface area (Å²) in [5, 5.41) is 11.6. The zero-order chi connectivity index (χ0) is 15.9. The van der Waals surface area contributed by atoms with Crippen LogP contribution in [0.1, 0.15) is 24.6 Å². The number of hydrogen-bond donors (Lipinski definition) is 0. The molecule has 3 rings (SSSR count). The van der Waals surface area contributed by atoms with Crippen LogP contribution in [0.4, 0.5) is 19.0 Å². The molecular formula is C11H12F3N7S. The van der Waals surface area contributed by atoms with Crippen molar-refractivity contribution in [1.82, 2.24) is 30.2 Å². The van der Waals surface area contributed by atoms with Crippen molar-refractivity contribution < 1.29 is 13.2 Å². The number of halogens is 3. The molecule has 0 N–H and O–H groups in total. The average Bonchev–Trinajstić information content (AvgIpc) is 3.18. The standard InChI is InChI=1S/C11H12F3N7S/c1-20(2)8-5-7(11(12,13)14)15-9(16-8)22-10-17-18-19-21(10)6-3-4-6/h5-6H,3-4H2,1-2H3. The Balaban J connectivity index is 1.95. The van der Waals surface area contributed by atoms with E-state index in [4.69, 9.17) is 0 Å². The fourth-order valence-corrected chi connectivity index (χ4v) is 2.52. The normalized spacial score (nSPS) is 15.1. The first-order chi connectivity index (χ1) is 10.3. The summed E-state index contributed by atoms with van der Waals surface area (Å²) in [4.78, 5) is 9.18. The number of nitrogens with zero attached hydrogens (tertiary/aromatic N) is 7. The number of aromatic nitrogens is 6. The van der Waals surface area contributed by atoms with Crippen molar-refractivity contribution in [2.45, 2.75) is 35.4 Å². The molecule has 2 heterocycles. The Morgan fingerprint density at radius 2 is 2.00 bits per heavy atom. The van der Waals surface area contributed by atoms with Crippen molar-refractivity contribution in [2.24, 2.45) is 0 Å². The molecule has 0 aliphatic heterocycles. The SMILES string of the molecule is CN(C)c1cc(C(F)(F)F)nc(Sc2nnnn2C2CC2)n1. The van der Waals surface area contributed by atoms with Crippen molar-refractivity contribution in [3.05, 3.63) is 11.8 Å².